The van der Waals surface area contributed by atoms with Gasteiger partial charge >= 0.3 is 0 Å². The fourth-order valence-electron chi connectivity index (χ4n) is 8.81. The molecule has 4 heterocycles. The van der Waals surface area contributed by atoms with Crippen LogP contribution >= 0.6 is 0 Å². The van der Waals surface area contributed by atoms with E-state index in [0.29, 0.717) is 0 Å². The van der Waals surface area contributed by atoms with Crippen LogP contribution in [0.15, 0.2) is 192 Å². The van der Waals surface area contributed by atoms with Gasteiger partial charge in [-0.05, 0) is 46.7 Å². The van der Waals surface area contributed by atoms with Gasteiger partial charge in [-0.3, -0.25) is 0 Å². The Morgan fingerprint density at radius 1 is 0.298 bits per heavy atom. The maximum absolute atomic E-state index is 6.43. The molecule has 0 unspecified atom stereocenters. The van der Waals surface area contributed by atoms with Gasteiger partial charge in [-0.2, -0.15) is 0 Å². The molecule has 8 aromatic carbocycles. The normalized spacial score (nSPS) is 11.9. The van der Waals surface area contributed by atoms with E-state index < -0.39 is 0 Å². The second kappa shape index (κ2) is 12.4. The van der Waals surface area contributed by atoms with E-state index in [4.69, 9.17) is 19.4 Å². The highest BCUT2D eigenvalue weighted by Gasteiger charge is 2.20. The first-order valence-electron chi connectivity index (χ1n) is 19.3. The van der Waals surface area contributed by atoms with Crippen LogP contribution in [0.3, 0.4) is 0 Å². The van der Waals surface area contributed by atoms with Crippen molar-refractivity contribution in [2.24, 2.45) is 0 Å². The van der Waals surface area contributed by atoms with Gasteiger partial charge < -0.3 is 4.42 Å². The SMILES string of the molecule is c1ccc(-c2ccc3ccc4ccc(-c5ccc(-c6cccc7c6nc(-c6ccccc6)c6ccc8oc9ccccc9c8c67)c6ccccc56)nc4c3n2)cc1. The summed E-state index contributed by atoms with van der Waals surface area (Å²) in [6.45, 7) is 0. The Hall–Kier alpha value is -7.69. The molecule has 0 fully saturated rings. The van der Waals surface area contributed by atoms with E-state index in [9.17, 15) is 0 Å². The van der Waals surface area contributed by atoms with Crippen LogP contribution in [-0.4, -0.2) is 15.0 Å². The quantitative estimate of drug-likeness (QED) is 0.170. The number of aromatic nitrogens is 3. The molecule has 4 aromatic heterocycles. The zero-order valence-corrected chi connectivity index (χ0v) is 30.6. The lowest BCUT2D eigenvalue weighted by molar-refractivity contribution is 0.669. The molecule has 0 amide bonds. The van der Waals surface area contributed by atoms with E-state index in [1.54, 1.807) is 0 Å². The molecule has 0 aliphatic heterocycles. The van der Waals surface area contributed by atoms with Gasteiger partial charge in [0.15, 0.2) is 0 Å². The van der Waals surface area contributed by atoms with Crippen LogP contribution in [0.2, 0.25) is 0 Å². The van der Waals surface area contributed by atoms with E-state index in [1.165, 1.54) is 0 Å². The summed E-state index contributed by atoms with van der Waals surface area (Å²) in [6, 6.07) is 66.0. The third-order valence-corrected chi connectivity index (χ3v) is 11.5. The van der Waals surface area contributed by atoms with E-state index in [1.807, 2.05) is 30.3 Å². The van der Waals surface area contributed by atoms with E-state index in [2.05, 4.69) is 158 Å². The topological polar surface area (TPSA) is 51.8 Å². The smallest absolute Gasteiger partial charge is 0.136 e. The van der Waals surface area contributed by atoms with Crippen molar-refractivity contribution in [3.05, 3.63) is 188 Å². The number of fused-ring (bicyclic) bond motifs is 11. The third kappa shape index (κ3) is 4.91. The number of para-hydroxylation sites is 2. The number of hydrogen-bond acceptors (Lipinski definition) is 4. The fraction of sp³-hybridized carbons (Fsp3) is 0. The number of hydrogen-bond donors (Lipinski definition) is 0. The van der Waals surface area contributed by atoms with Crippen molar-refractivity contribution in [1.82, 2.24) is 15.0 Å². The maximum atomic E-state index is 6.43. The second-order valence-electron chi connectivity index (χ2n) is 14.7. The van der Waals surface area contributed by atoms with Crippen LogP contribution in [0, 0.1) is 0 Å². The van der Waals surface area contributed by atoms with E-state index in [-0.39, 0.29) is 0 Å². The third-order valence-electron chi connectivity index (χ3n) is 11.5. The minimum absolute atomic E-state index is 0.873. The van der Waals surface area contributed by atoms with Crippen LogP contribution in [-0.2, 0) is 0 Å². The highest BCUT2D eigenvalue weighted by molar-refractivity contribution is 6.29. The summed E-state index contributed by atoms with van der Waals surface area (Å²) >= 11 is 0. The molecule has 264 valence electrons. The average molecular weight is 726 g/mol. The minimum atomic E-state index is 0.873. The molecule has 4 heteroatoms. The highest BCUT2D eigenvalue weighted by atomic mass is 16.3. The summed E-state index contributed by atoms with van der Waals surface area (Å²) in [6.07, 6.45) is 0. The Morgan fingerprint density at radius 2 is 0.895 bits per heavy atom. The molecule has 0 radical (unpaired) electrons. The summed E-state index contributed by atoms with van der Waals surface area (Å²) in [5.74, 6) is 0. The van der Waals surface area contributed by atoms with Gasteiger partial charge in [0.1, 0.15) is 11.2 Å². The first-order chi connectivity index (χ1) is 28.3. The fourth-order valence-corrected chi connectivity index (χ4v) is 8.81. The molecular formula is C53H31N3O. The molecule has 4 nitrogen and oxygen atoms in total. The Morgan fingerprint density at radius 3 is 1.67 bits per heavy atom. The number of nitrogens with zero attached hydrogens (tertiary/aromatic N) is 3. The zero-order valence-electron chi connectivity index (χ0n) is 30.6. The molecule has 0 saturated heterocycles. The van der Waals surface area contributed by atoms with Crippen LogP contribution in [0.4, 0.5) is 0 Å². The van der Waals surface area contributed by atoms with Crippen molar-refractivity contribution < 1.29 is 4.42 Å². The second-order valence-corrected chi connectivity index (χ2v) is 14.7. The zero-order chi connectivity index (χ0) is 37.5. The maximum Gasteiger partial charge on any atom is 0.136 e. The Labute approximate surface area is 327 Å². The van der Waals surface area contributed by atoms with Crippen molar-refractivity contribution in [2.45, 2.75) is 0 Å². The Balaban J connectivity index is 1.10. The first kappa shape index (κ1) is 31.6. The summed E-state index contributed by atoms with van der Waals surface area (Å²) in [4.78, 5) is 16.1. The summed E-state index contributed by atoms with van der Waals surface area (Å²) in [5, 5.41) is 9.97. The van der Waals surface area contributed by atoms with Gasteiger partial charge in [-0.25, -0.2) is 15.0 Å². The van der Waals surface area contributed by atoms with Crippen molar-refractivity contribution in [3.63, 3.8) is 0 Å². The van der Waals surface area contributed by atoms with Gasteiger partial charge in [-0.15, -0.1) is 0 Å². The average Bonchev–Trinajstić information content (AvgIpc) is 3.67. The van der Waals surface area contributed by atoms with Crippen LogP contribution < -0.4 is 0 Å². The van der Waals surface area contributed by atoms with Crippen LogP contribution in [0.1, 0.15) is 0 Å². The lowest BCUT2D eigenvalue weighted by Crippen LogP contribution is -1.94. The molecule has 0 atom stereocenters. The molecule has 0 aliphatic rings. The lowest BCUT2D eigenvalue weighted by atomic mass is 9.90. The number of furan rings is 1. The lowest BCUT2D eigenvalue weighted by Gasteiger charge is -2.16. The molecule has 57 heavy (non-hydrogen) atoms. The summed E-state index contributed by atoms with van der Waals surface area (Å²) in [5.41, 5.74) is 12.7. The monoisotopic (exact) mass is 725 g/mol. The van der Waals surface area contributed by atoms with Crippen LogP contribution in [0.25, 0.3) is 121 Å². The first-order valence-corrected chi connectivity index (χ1v) is 19.3. The molecule has 12 rings (SSSR count). The van der Waals surface area contributed by atoms with Crippen molar-refractivity contribution in [2.75, 3.05) is 0 Å². The molecule has 0 saturated carbocycles. The van der Waals surface area contributed by atoms with E-state index >= 15 is 0 Å². The van der Waals surface area contributed by atoms with Crippen molar-refractivity contribution in [1.29, 1.82) is 0 Å². The van der Waals surface area contributed by atoms with Crippen LogP contribution in [0.5, 0.6) is 0 Å². The van der Waals surface area contributed by atoms with E-state index in [0.717, 1.165) is 121 Å². The molecule has 0 spiro atoms. The predicted molar refractivity (Wildman–Crippen MR) is 236 cm³/mol. The van der Waals surface area contributed by atoms with Gasteiger partial charge in [-0.1, -0.05) is 158 Å². The Bertz CT molecular complexity index is 3570. The molecular weight excluding hydrogens is 695 g/mol. The molecule has 0 aliphatic carbocycles. The predicted octanol–water partition coefficient (Wildman–Crippen LogP) is 14.2. The summed E-state index contributed by atoms with van der Waals surface area (Å²) < 4.78 is 6.43. The number of rotatable bonds is 4. The largest absolute Gasteiger partial charge is 0.456 e. The van der Waals surface area contributed by atoms with Gasteiger partial charge in [0.05, 0.1) is 33.6 Å². The highest BCUT2D eigenvalue weighted by Crippen LogP contribution is 2.45. The standard InChI is InChI=1S/C53H31N3O/c1-3-12-32(13-4-1)44-29-24-34-22-23-35-25-30-45(55-52(35)51(34)54-44)39-27-26-38(36-16-7-8-17-37(36)39)40-19-11-20-42-48-43(50(56-53(40)42)33-14-5-2-6-15-33)28-31-47-49(48)41-18-9-10-21-46(41)57-47/h1-31H. The minimum Gasteiger partial charge on any atom is -0.456 e. The molecule has 12 aromatic rings. The van der Waals surface area contributed by atoms with Gasteiger partial charge in [0.2, 0.25) is 0 Å². The molecule has 0 N–H and O–H groups in total. The van der Waals surface area contributed by atoms with Gasteiger partial charge in [0.25, 0.3) is 0 Å². The van der Waals surface area contributed by atoms with Gasteiger partial charge in [0, 0.05) is 60.0 Å². The van der Waals surface area contributed by atoms with Crippen molar-refractivity contribution in [3.8, 4) is 44.9 Å². The Kier molecular flexibility index (Phi) is 6.89. The summed E-state index contributed by atoms with van der Waals surface area (Å²) in [7, 11) is 0. The number of benzene rings is 8. The number of pyridine rings is 3. The van der Waals surface area contributed by atoms with Crippen molar-refractivity contribution >= 4 is 76.2 Å². The molecule has 0 bridgehead atoms.